The Morgan fingerprint density at radius 2 is 1.72 bits per heavy atom. The number of hydrogen-bond donors (Lipinski definition) is 0. The molecule has 0 unspecified atom stereocenters. The number of aromatic nitrogens is 3. The Morgan fingerprint density at radius 3 is 2.38 bits per heavy atom. The second kappa shape index (κ2) is 7.93. The lowest BCUT2D eigenvalue weighted by Crippen LogP contribution is -2.23. The van der Waals surface area contributed by atoms with Crippen molar-refractivity contribution in [1.29, 1.82) is 0 Å². The number of methoxy groups -OCH3 is 1. The molecule has 6 nitrogen and oxygen atoms in total. The van der Waals surface area contributed by atoms with Crippen LogP contribution in [0.1, 0.15) is 6.92 Å². The summed E-state index contributed by atoms with van der Waals surface area (Å²) in [5.41, 5.74) is 2.54. The molecule has 146 valence electrons. The molecule has 0 aliphatic heterocycles. The molecule has 2 aromatic heterocycles. The predicted octanol–water partition coefficient (Wildman–Crippen LogP) is 4.51. The van der Waals surface area contributed by atoms with Crippen molar-refractivity contribution in [2.24, 2.45) is 0 Å². The Labute approximate surface area is 172 Å². The zero-order chi connectivity index (χ0) is 20.4. The topological polar surface area (TPSA) is 66.2 Å². The van der Waals surface area contributed by atoms with Gasteiger partial charge in [-0.2, -0.15) is 9.78 Å². The lowest BCUT2D eigenvalue weighted by molar-refractivity contribution is 0.328. The molecule has 2 heterocycles. The fourth-order valence-corrected chi connectivity index (χ4v) is 3.19. The van der Waals surface area contributed by atoms with Gasteiger partial charge in [0.05, 0.1) is 25.0 Å². The highest BCUT2D eigenvalue weighted by Crippen LogP contribution is 2.27. The number of pyridine rings is 1. The van der Waals surface area contributed by atoms with Crippen LogP contribution in [-0.2, 0) is 0 Å². The number of nitrogens with zero attached hydrogens (tertiary/aromatic N) is 3. The van der Waals surface area contributed by atoms with Gasteiger partial charge in [-0.25, -0.2) is 4.98 Å². The first kappa shape index (κ1) is 19.0. The van der Waals surface area contributed by atoms with E-state index in [0.717, 1.165) is 0 Å². The van der Waals surface area contributed by atoms with E-state index >= 15 is 0 Å². The van der Waals surface area contributed by atoms with Crippen LogP contribution in [-0.4, -0.2) is 28.5 Å². The van der Waals surface area contributed by atoms with E-state index in [1.807, 2.05) is 6.92 Å². The Hall–Kier alpha value is -3.38. The number of rotatable bonds is 5. The summed E-state index contributed by atoms with van der Waals surface area (Å²) in [4.78, 5) is 18.0. The van der Waals surface area contributed by atoms with E-state index in [-0.39, 0.29) is 5.56 Å². The molecule has 2 aromatic carbocycles. The van der Waals surface area contributed by atoms with Crippen LogP contribution in [0.3, 0.4) is 0 Å². The maximum atomic E-state index is 13.4. The molecular weight excluding hydrogens is 390 g/mol. The number of ether oxygens (including phenoxy) is 2. The molecule has 0 bridgehead atoms. The van der Waals surface area contributed by atoms with Gasteiger partial charge in [-0.15, -0.1) is 0 Å². The van der Waals surface area contributed by atoms with Crippen molar-refractivity contribution < 1.29 is 9.47 Å². The molecular formula is C22H18ClN3O3. The fourth-order valence-electron chi connectivity index (χ4n) is 3.06. The molecule has 0 saturated heterocycles. The van der Waals surface area contributed by atoms with E-state index in [1.54, 1.807) is 67.8 Å². The van der Waals surface area contributed by atoms with E-state index in [2.05, 4.69) is 10.1 Å². The molecule has 4 rings (SSSR count). The summed E-state index contributed by atoms with van der Waals surface area (Å²) in [6, 6.07) is 17.8. The third kappa shape index (κ3) is 3.67. The van der Waals surface area contributed by atoms with Crippen LogP contribution < -0.4 is 15.0 Å². The minimum atomic E-state index is -0.286. The van der Waals surface area contributed by atoms with E-state index in [9.17, 15) is 4.79 Å². The summed E-state index contributed by atoms with van der Waals surface area (Å²) < 4.78 is 12.1. The van der Waals surface area contributed by atoms with Crippen molar-refractivity contribution in [2.45, 2.75) is 6.92 Å². The first-order valence-corrected chi connectivity index (χ1v) is 9.45. The van der Waals surface area contributed by atoms with Gasteiger partial charge in [-0.3, -0.25) is 4.79 Å². The molecule has 0 radical (unpaired) electrons. The summed E-state index contributed by atoms with van der Waals surface area (Å²) in [7, 11) is 1.59. The highest BCUT2D eigenvalue weighted by atomic mass is 35.5. The van der Waals surface area contributed by atoms with Crippen molar-refractivity contribution in [3.8, 4) is 28.4 Å². The highest BCUT2D eigenvalue weighted by molar-refractivity contribution is 6.30. The Bertz CT molecular complexity index is 1220. The van der Waals surface area contributed by atoms with E-state index in [0.29, 0.717) is 51.1 Å². The average molecular weight is 408 g/mol. The fraction of sp³-hybridized carbons (Fsp3) is 0.136. The van der Waals surface area contributed by atoms with Crippen LogP contribution in [0.5, 0.6) is 11.6 Å². The molecule has 4 aromatic rings. The number of halogens is 1. The summed E-state index contributed by atoms with van der Waals surface area (Å²) in [6.45, 7) is 2.36. The first-order chi connectivity index (χ1) is 14.1. The third-order valence-corrected chi connectivity index (χ3v) is 4.69. The zero-order valence-electron chi connectivity index (χ0n) is 15.9. The molecule has 0 fully saturated rings. The minimum Gasteiger partial charge on any atom is -0.497 e. The second-order valence-corrected chi connectivity index (χ2v) is 6.68. The zero-order valence-corrected chi connectivity index (χ0v) is 16.7. The average Bonchev–Trinajstić information content (AvgIpc) is 2.75. The van der Waals surface area contributed by atoms with Gasteiger partial charge in [0.1, 0.15) is 16.8 Å². The van der Waals surface area contributed by atoms with Crippen molar-refractivity contribution >= 4 is 22.6 Å². The predicted molar refractivity (Wildman–Crippen MR) is 113 cm³/mol. The van der Waals surface area contributed by atoms with E-state index < -0.39 is 0 Å². The van der Waals surface area contributed by atoms with Crippen molar-refractivity contribution in [1.82, 2.24) is 14.8 Å². The molecule has 0 amide bonds. The molecule has 0 saturated carbocycles. The highest BCUT2D eigenvalue weighted by Gasteiger charge is 2.17. The van der Waals surface area contributed by atoms with Gasteiger partial charge in [0.15, 0.2) is 0 Å². The maximum Gasteiger partial charge on any atom is 0.281 e. The van der Waals surface area contributed by atoms with Crippen molar-refractivity contribution in [3.05, 3.63) is 76.0 Å². The maximum absolute atomic E-state index is 13.4. The molecule has 0 atom stereocenters. The lowest BCUT2D eigenvalue weighted by Gasteiger charge is -2.12. The van der Waals surface area contributed by atoms with Gasteiger partial charge < -0.3 is 9.47 Å². The van der Waals surface area contributed by atoms with Crippen LogP contribution in [0, 0.1) is 0 Å². The standard InChI is InChI=1S/C22H18ClN3O3/c1-3-29-19-13-12-18-21(24-19)20(14-4-6-15(23)7-5-14)22(27)26(25-18)16-8-10-17(28-2)11-9-16/h4-13H,3H2,1-2H3. The van der Waals surface area contributed by atoms with Crippen LogP contribution in [0.25, 0.3) is 27.8 Å². The van der Waals surface area contributed by atoms with Crippen LogP contribution >= 0.6 is 11.6 Å². The smallest absolute Gasteiger partial charge is 0.281 e. The van der Waals surface area contributed by atoms with Crippen molar-refractivity contribution in [3.63, 3.8) is 0 Å². The van der Waals surface area contributed by atoms with Crippen LogP contribution in [0.15, 0.2) is 65.5 Å². The summed E-state index contributed by atoms with van der Waals surface area (Å²) in [5.74, 6) is 1.14. The monoisotopic (exact) mass is 407 g/mol. The van der Waals surface area contributed by atoms with Crippen LogP contribution in [0.2, 0.25) is 5.02 Å². The number of fused-ring (bicyclic) bond motifs is 1. The largest absolute Gasteiger partial charge is 0.497 e. The van der Waals surface area contributed by atoms with Gasteiger partial charge >= 0.3 is 0 Å². The van der Waals surface area contributed by atoms with Gasteiger partial charge in [0.2, 0.25) is 5.88 Å². The van der Waals surface area contributed by atoms with Gasteiger partial charge in [0.25, 0.3) is 5.56 Å². The van der Waals surface area contributed by atoms with Crippen molar-refractivity contribution in [2.75, 3.05) is 13.7 Å². The Balaban J connectivity index is 2.01. The third-order valence-electron chi connectivity index (χ3n) is 4.44. The molecule has 0 N–H and O–H groups in total. The quantitative estimate of drug-likeness (QED) is 0.487. The second-order valence-electron chi connectivity index (χ2n) is 6.25. The lowest BCUT2D eigenvalue weighted by atomic mass is 10.1. The molecule has 0 aliphatic rings. The first-order valence-electron chi connectivity index (χ1n) is 9.08. The minimum absolute atomic E-state index is 0.286. The van der Waals surface area contributed by atoms with E-state index in [4.69, 9.17) is 21.1 Å². The van der Waals surface area contributed by atoms with E-state index in [1.165, 1.54) is 4.68 Å². The van der Waals surface area contributed by atoms with Gasteiger partial charge in [-0.05, 0) is 55.0 Å². The molecule has 7 heteroatoms. The number of benzene rings is 2. The Morgan fingerprint density at radius 1 is 1.00 bits per heavy atom. The van der Waals surface area contributed by atoms with Gasteiger partial charge in [0, 0.05) is 11.1 Å². The summed E-state index contributed by atoms with van der Waals surface area (Å²) in [6.07, 6.45) is 0. The number of hydrogen-bond acceptors (Lipinski definition) is 5. The van der Waals surface area contributed by atoms with Gasteiger partial charge in [-0.1, -0.05) is 23.7 Å². The SMILES string of the molecule is CCOc1ccc2nn(-c3ccc(OC)cc3)c(=O)c(-c3ccc(Cl)cc3)c2n1. The van der Waals surface area contributed by atoms with Crippen LogP contribution in [0.4, 0.5) is 0 Å². The molecule has 29 heavy (non-hydrogen) atoms. The molecule has 0 spiro atoms. The molecule has 0 aliphatic carbocycles. The summed E-state index contributed by atoms with van der Waals surface area (Å²) >= 11 is 6.04. The Kier molecular flexibility index (Phi) is 5.18. The summed E-state index contributed by atoms with van der Waals surface area (Å²) in [5, 5.41) is 5.11. The normalized spacial score (nSPS) is 10.9.